The normalized spacial score (nSPS) is 12.3. The summed E-state index contributed by atoms with van der Waals surface area (Å²) in [6, 6.07) is 9.41. The molecule has 3 rings (SSSR count). The van der Waals surface area contributed by atoms with Crippen LogP contribution in [0.25, 0.3) is 22.8 Å². The standard InChI is InChI=1S/C13H7Cl2N3O3S/c14-10-5-8(6-11(15)16-10)13-17-12(18-21-13)7-1-3-9(4-2-7)22(19)20/h1-6H,(H,19,20). The van der Waals surface area contributed by atoms with Gasteiger partial charge >= 0.3 is 0 Å². The number of halogens is 2. The number of rotatable bonds is 3. The number of hydrogen-bond acceptors (Lipinski definition) is 5. The monoisotopic (exact) mass is 355 g/mol. The molecule has 112 valence electrons. The fourth-order valence-electron chi connectivity index (χ4n) is 1.77. The Labute approximate surface area is 137 Å². The second kappa shape index (κ2) is 6.13. The lowest BCUT2D eigenvalue weighted by Crippen LogP contribution is -1.88. The maximum Gasteiger partial charge on any atom is 0.258 e. The lowest BCUT2D eigenvalue weighted by molar-refractivity contribution is 0.432. The van der Waals surface area contributed by atoms with Crippen LogP contribution in [0.1, 0.15) is 0 Å². The van der Waals surface area contributed by atoms with Gasteiger partial charge in [0.1, 0.15) is 10.3 Å². The molecule has 2 heterocycles. The highest BCUT2D eigenvalue weighted by atomic mass is 35.5. The van der Waals surface area contributed by atoms with Crippen LogP contribution in [0, 0.1) is 0 Å². The third-order valence-corrected chi connectivity index (χ3v) is 3.81. The van der Waals surface area contributed by atoms with E-state index in [1.807, 2.05) is 0 Å². The topological polar surface area (TPSA) is 89.1 Å². The molecule has 0 radical (unpaired) electrons. The van der Waals surface area contributed by atoms with Crippen LogP contribution in [0.4, 0.5) is 0 Å². The Morgan fingerprint density at radius 3 is 2.23 bits per heavy atom. The Morgan fingerprint density at radius 2 is 1.64 bits per heavy atom. The van der Waals surface area contributed by atoms with Gasteiger partial charge in [-0.3, -0.25) is 0 Å². The molecule has 0 saturated carbocycles. The summed E-state index contributed by atoms with van der Waals surface area (Å²) >= 11 is 9.64. The molecule has 22 heavy (non-hydrogen) atoms. The number of hydrogen-bond donors (Lipinski definition) is 1. The fourth-order valence-corrected chi connectivity index (χ4v) is 2.60. The van der Waals surface area contributed by atoms with Crippen LogP contribution in [-0.4, -0.2) is 23.9 Å². The van der Waals surface area contributed by atoms with E-state index in [4.69, 9.17) is 32.3 Å². The Morgan fingerprint density at radius 1 is 1.00 bits per heavy atom. The van der Waals surface area contributed by atoms with Gasteiger partial charge in [-0.25, -0.2) is 9.19 Å². The van der Waals surface area contributed by atoms with Gasteiger partial charge in [0.2, 0.25) is 5.82 Å². The number of benzene rings is 1. The van der Waals surface area contributed by atoms with E-state index >= 15 is 0 Å². The number of nitrogens with zero attached hydrogens (tertiary/aromatic N) is 3. The molecule has 1 unspecified atom stereocenters. The summed E-state index contributed by atoms with van der Waals surface area (Å²) in [6.07, 6.45) is 0. The van der Waals surface area contributed by atoms with Crippen molar-refractivity contribution in [2.24, 2.45) is 0 Å². The first-order valence-corrected chi connectivity index (χ1v) is 7.77. The summed E-state index contributed by atoms with van der Waals surface area (Å²) in [5.74, 6) is 0.588. The molecule has 1 aromatic carbocycles. The van der Waals surface area contributed by atoms with Gasteiger partial charge in [-0.1, -0.05) is 28.4 Å². The zero-order valence-corrected chi connectivity index (χ0v) is 13.1. The van der Waals surface area contributed by atoms with Crippen LogP contribution < -0.4 is 0 Å². The van der Waals surface area contributed by atoms with Crippen molar-refractivity contribution in [2.75, 3.05) is 0 Å². The smallest absolute Gasteiger partial charge is 0.258 e. The van der Waals surface area contributed by atoms with Crippen molar-refractivity contribution >= 4 is 34.3 Å². The summed E-state index contributed by atoms with van der Waals surface area (Å²) in [5, 5.41) is 4.30. The molecule has 0 amide bonds. The highest BCUT2D eigenvalue weighted by molar-refractivity contribution is 7.79. The van der Waals surface area contributed by atoms with E-state index in [2.05, 4.69) is 15.1 Å². The van der Waals surface area contributed by atoms with Gasteiger partial charge in [0.05, 0.1) is 4.90 Å². The van der Waals surface area contributed by atoms with Crippen molar-refractivity contribution in [1.29, 1.82) is 0 Å². The second-order valence-corrected chi connectivity index (χ2v) is 5.94. The van der Waals surface area contributed by atoms with Crippen LogP contribution in [-0.2, 0) is 11.1 Å². The molecule has 1 N–H and O–H groups in total. The van der Waals surface area contributed by atoms with E-state index in [0.717, 1.165) is 0 Å². The van der Waals surface area contributed by atoms with Crippen LogP contribution in [0.2, 0.25) is 10.3 Å². The molecule has 0 fully saturated rings. The van der Waals surface area contributed by atoms with Crippen molar-refractivity contribution in [3.8, 4) is 22.8 Å². The number of pyridine rings is 1. The van der Waals surface area contributed by atoms with E-state index in [1.54, 1.807) is 24.3 Å². The molecule has 0 spiro atoms. The summed E-state index contributed by atoms with van der Waals surface area (Å²) in [7, 11) is 0. The molecule has 0 bridgehead atoms. The largest absolute Gasteiger partial charge is 0.334 e. The van der Waals surface area contributed by atoms with Crippen molar-refractivity contribution in [2.45, 2.75) is 4.90 Å². The van der Waals surface area contributed by atoms with Gasteiger partial charge in [-0.15, -0.1) is 0 Å². The van der Waals surface area contributed by atoms with Gasteiger partial charge in [-0.2, -0.15) is 4.98 Å². The molecule has 9 heteroatoms. The maximum absolute atomic E-state index is 10.9. The molecule has 0 aliphatic rings. The molecular weight excluding hydrogens is 349 g/mol. The Balaban J connectivity index is 1.94. The number of aromatic nitrogens is 3. The first-order valence-electron chi connectivity index (χ1n) is 5.91. The molecule has 6 nitrogen and oxygen atoms in total. The molecule has 0 aliphatic carbocycles. The SMILES string of the molecule is O=S(O)c1ccc(-c2noc(-c3cc(Cl)nc(Cl)c3)n2)cc1. The minimum absolute atomic E-state index is 0.219. The van der Waals surface area contributed by atoms with Crippen LogP contribution in [0.15, 0.2) is 45.8 Å². The van der Waals surface area contributed by atoms with Gasteiger partial charge in [0.15, 0.2) is 11.1 Å². The summed E-state index contributed by atoms with van der Waals surface area (Å²) in [5.41, 5.74) is 1.20. The summed E-state index contributed by atoms with van der Waals surface area (Å²) < 4.78 is 25.1. The maximum atomic E-state index is 10.9. The quantitative estimate of drug-likeness (QED) is 0.569. The van der Waals surface area contributed by atoms with E-state index < -0.39 is 11.1 Å². The third kappa shape index (κ3) is 3.17. The van der Waals surface area contributed by atoms with E-state index in [1.165, 1.54) is 12.1 Å². The Hall–Kier alpha value is -1.80. The van der Waals surface area contributed by atoms with Crippen LogP contribution in [0.3, 0.4) is 0 Å². The predicted octanol–water partition coefficient (Wildman–Crippen LogP) is 3.69. The lowest BCUT2D eigenvalue weighted by Gasteiger charge is -1.97. The van der Waals surface area contributed by atoms with E-state index in [0.29, 0.717) is 21.8 Å². The van der Waals surface area contributed by atoms with Gasteiger partial charge in [0.25, 0.3) is 5.89 Å². The molecule has 0 saturated heterocycles. The Kier molecular flexibility index (Phi) is 4.21. The van der Waals surface area contributed by atoms with E-state index in [-0.39, 0.29) is 16.2 Å². The zero-order chi connectivity index (χ0) is 15.7. The van der Waals surface area contributed by atoms with Crippen LogP contribution >= 0.6 is 23.2 Å². The minimum atomic E-state index is -2.02. The average molecular weight is 356 g/mol. The molecule has 1 atom stereocenters. The predicted molar refractivity (Wildman–Crippen MR) is 82.0 cm³/mol. The Bertz CT molecular complexity index is 832. The first-order chi connectivity index (χ1) is 10.5. The highest BCUT2D eigenvalue weighted by Gasteiger charge is 2.13. The highest BCUT2D eigenvalue weighted by Crippen LogP contribution is 2.26. The average Bonchev–Trinajstić information content (AvgIpc) is 2.96. The summed E-state index contributed by atoms with van der Waals surface area (Å²) in [6.45, 7) is 0. The van der Waals surface area contributed by atoms with Crippen molar-refractivity contribution in [3.63, 3.8) is 0 Å². The minimum Gasteiger partial charge on any atom is -0.334 e. The third-order valence-electron chi connectivity index (χ3n) is 2.75. The molecular formula is C13H7Cl2N3O3S. The molecule has 2 aromatic heterocycles. The van der Waals surface area contributed by atoms with Gasteiger partial charge in [0, 0.05) is 11.1 Å². The lowest BCUT2D eigenvalue weighted by atomic mass is 10.2. The van der Waals surface area contributed by atoms with Crippen molar-refractivity contribution < 1.29 is 13.3 Å². The summed E-state index contributed by atoms with van der Waals surface area (Å²) in [4.78, 5) is 8.38. The van der Waals surface area contributed by atoms with E-state index in [9.17, 15) is 4.21 Å². The van der Waals surface area contributed by atoms with Gasteiger partial charge < -0.3 is 9.08 Å². The van der Waals surface area contributed by atoms with Crippen LogP contribution in [0.5, 0.6) is 0 Å². The second-order valence-electron chi connectivity index (χ2n) is 4.20. The van der Waals surface area contributed by atoms with Crippen molar-refractivity contribution in [3.05, 3.63) is 46.7 Å². The first kappa shape index (κ1) is 15.1. The molecule has 3 aromatic rings. The zero-order valence-electron chi connectivity index (χ0n) is 10.7. The fraction of sp³-hybridized carbons (Fsp3) is 0. The van der Waals surface area contributed by atoms with Crippen molar-refractivity contribution in [1.82, 2.24) is 15.1 Å². The van der Waals surface area contributed by atoms with Gasteiger partial charge in [-0.05, 0) is 36.4 Å². The molecule has 0 aliphatic heterocycles.